The van der Waals surface area contributed by atoms with Crippen molar-refractivity contribution >= 4 is 5.69 Å². The molecule has 0 spiro atoms. The van der Waals surface area contributed by atoms with Gasteiger partial charge in [-0.05, 0) is 18.2 Å². The summed E-state index contributed by atoms with van der Waals surface area (Å²) in [5, 5.41) is 0. The van der Waals surface area contributed by atoms with E-state index in [0.717, 1.165) is 31.1 Å². The molecule has 0 fully saturated rings. The minimum atomic E-state index is 0.749. The van der Waals surface area contributed by atoms with Crippen LogP contribution in [0.4, 0.5) is 5.69 Å². The van der Waals surface area contributed by atoms with Gasteiger partial charge in [0.1, 0.15) is 12.4 Å². The Morgan fingerprint density at radius 1 is 1.69 bits per heavy atom. The average Bonchev–Trinajstić information content (AvgIpc) is 2.19. The smallest absolute Gasteiger partial charge is 0.143 e. The molecule has 0 atom stereocenters. The fourth-order valence-corrected chi connectivity index (χ4v) is 1.52. The molecule has 1 heterocycles. The largest absolute Gasteiger partial charge is 0.490 e. The summed E-state index contributed by atoms with van der Waals surface area (Å²) in [6.45, 7) is 6.30. The molecule has 1 radical (unpaired) electrons. The highest BCUT2D eigenvalue weighted by molar-refractivity contribution is 5.59. The maximum atomic E-state index is 5.49. The Morgan fingerprint density at radius 3 is 3.46 bits per heavy atom. The number of hydrogen-bond donors (Lipinski definition) is 0. The Labute approximate surface area is 78.4 Å². The second kappa shape index (κ2) is 3.52. The van der Waals surface area contributed by atoms with Crippen LogP contribution in [0.15, 0.2) is 30.9 Å². The minimum Gasteiger partial charge on any atom is -0.490 e. The number of rotatable bonds is 2. The van der Waals surface area contributed by atoms with Crippen molar-refractivity contribution in [2.24, 2.45) is 0 Å². The van der Waals surface area contributed by atoms with Crippen LogP contribution >= 0.6 is 0 Å². The van der Waals surface area contributed by atoms with E-state index in [1.165, 1.54) is 0 Å². The summed E-state index contributed by atoms with van der Waals surface area (Å²) >= 11 is 0. The lowest BCUT2D eigenvalue weighted by molar-refractivity contribution is 0.309. The van der Waals surface area contributed by atoms with Crippen molar-refractivity contribution in [1.82, 2.24) is 0 Å². The van der Waals surface area contributed by atoms with Crippen molar-refractivity contribution in [3.8, 4) is 5.75 Å². The van der Waals surface area contributed by atoms with Gasteiger partial charge in [0.05, 0.1) is 12.2 Å². The van der Waals surface area contributed by atoms with Crippen molar-refractivity contribution in [3.63, 3.8) is 0 Å². The van der Waals surface area contributed by atoms with Gasteiger partial charge in [-0.15, -0.1) is 6.58 Å². The van der Waals surface area contributed by atoms with Crippen LogP contribution in [-0.4, -0.2) is 19.7 Å². The highest BCUT2D eigenvalue weighted by Crippen LogP contribution is 2.30. The third kappa shape index (κ3) is 1.52. The summed E-state index contributed by atoms with van der Waals surface area (Å²) in [6, 6.07) is 8.82. The maximum absolute atomic E-state index is 5.49. The number of nitrogens with zero attached hydrogens (tertiary/aromatic N) is 1. The van der Waals surface area contributed by atoms with Crippen LogP contribution in [0.5, 0.6) is 5.75 Å². The molecule has 2 heteroatoms. The van der Waals surface area contributed by atoms with E-state index in [1.54, 1.807) is 0 Å². The van der Waals surface area contributed by atoms with E-state index < -0.39 is 0 Å². The molecule has 1 aliphatic rings. The first-order valence-electron chi connectivity index (χ1n) is 4.40. The molecule has 67 valence electrons. The summed E-state index contributed by atoms with van der Waals surface area (Å²) in [7, 11) is 0. The fourth-order valence-electron chi connectivity index (χ4n) is 1.52. The Bertz CT molecular complexity index is 309. The summed E-state index contributed by atoms with van der Waals surface area (Å²) in [5.74, 6) is 0.926. The standard InChI is InChI=1S/C11H12NO/c1-2-7-12-8-9-13-11-6-4-3-5-10(11)12/h2-3,5-6H,1,7-9H2. The molecule has 2 rings (SSSR count). The molecule has 1 aromatic rings. The van der Waals surface area contributed by atoms with E-state index in [4.69, 9.17) is 4.74 Å². The van der Waals surface area contributed by atoms with Crippen LogP contribution in [0.25, 0.3) is 0 Å². The minimum absolute atomic E-state index is 0.749. The lowest BCUT2D eigenvalue weighted by Crippen LogP contribution is -2.32. The lowest BCUT2D eigenvalue weighted by Gasteiger charge is -2.29. The molecule has 1 aromatic carbocycles. The van der Waals surface area contributed by atoms with Crippen LogP contribution < -0.4 is 9.64 Å². The zero-order chi connectivity index (χ0) is 9.10. The SMILES string of the molecule is C=CCN1CCOc2c[c]ccc21. The van der Waals surface area contributed by atoms with Gasteiger partial charge >= 0.3 is 0 Å². The van der Waals surface area contributed by atoms with Crippen LogP contribution in [0.3, 0.4) is 0 Å². The van der Waals surface area contributed by atoms with Crippen LogP contribution in [0, 0.1) is 6.07 Å². The molecule has 0 saturated carbocycles. The summed E-state index contributed by atoms with van der Waals surface area (Å²) in [6.07, 6.45) is 1.91. The zero-order valence-corrected chi connectivity index (χ0v) is 7.49. The number of benzene rings is 1. The first kappa shape index (κ1) is 8.17. The van der Waals surface area contributed by atoms with Gasteiger partial charge in [0.25, 0.3) is 0 Å². The van der Waals surface area contributed by atoms with Crippen molar-refractivity contribution < 1.29 is 4.74 Å². The highest BCUT2D eigenvalue weighted by atomic mass is 16.5. The number of hydrogen-bond acceptors (Lipinski definition) is 2. The molecule has 0 bridgehead atoms. The predicted octanol–water partition coefficient (Wildman–Crippen LogP) is 1.87. The van der Waals surface area contributed by atoms with E-state index >= 15 is 0 Å². The molecule has 13 heavy (non-hydrogen) atoms. The summed E-state index contributed by atoms with van der Waals surface area (Å²) < 4.78 is 5.49. The van der Waals surface area contributed by atoms with Crippen molar-refractivity contribution in [3.05, 3.63) is 36.9 Å². The lowest BCUT2D eigenvalue weighted by atomic mass is 10.2. The first-order chi connectivity index (χ1) is 6.42. The normalized spacial score (nSPS) is 14.6. The van der Waals surface area contributed by atoms with Crippen LogP contribution in [-0.2, 0) is 0 Å². The molecule has 0 aliphatic carbocycles. The maximum Gasteiger partial charge on any atom is 0.143 e. The van der Waals surface area contributed by atoms with Gasteiger partial charge in [0.2, 0.25) is 0 Å². The van der Waals surface area contributed by atoms with E-state index in [0.29, 0.717) is 0 Å². The third-order valence-corrected chi connectivity index (χ3v) is 2.11. The van der Waals surface area contributed by atoms with Gasteiger partial charge < -0.3 is 9.64 Å². The Kier molecular flexibility index (Phi) is 2.21. The van der Waals surface area contributed by atoms with Gasteiger partial charge in [-0.25, -0.2) is 0 Å². The van der Waals surface area contributed by atoms with E-state index in [9.17, 15) is 0 Å². The average molecular weight is 174 g/mol. The second-order valence-electron chi connectivity index (χ2n) is 2.98. The van der Waals surface area contributed by atoms with Gasteiger partial charge in [-0.3, -0.25) is 0 Å². The van der Waals surface area contributed by atoms with Gasteiger partial charge in [0.15, 0.2) is 0 Å². The van der Waals surface area contributed by atoms with E-state index in [1.807, 2.05) is 24.3 Å². The molecular weight excluding hydrogens is 162 g/mol. The van der Waals surface area contributed by atoms with E-state index in [2.05, 4.69) is 17.5 Å². The molecule has 0 N–H and O–H groups in total. The molecule has 1 aliphatic heterocycles. The molecule has 0 saturated heterocycles. The summed E-state index contributed by atoms with van der Waals surface area (Å²) in [4.78, 5) is 2.25. The van der Waals surface area contributed by atoms with Crippen molar-refractivity contribution in [2.75, 3.05) is 24.6 Å². The molecule has 0 unspecified atom stereocenters. The molecule has 2 nitrogen and oxygen atoms in total. The molecule has 0 amide bonds. The van der Waals surface area contributed by atoms with Crippen molar-refractivity contribution in [1.29, 1.82) is 0 Å². The Hall–Kier alpha value is -1.44. The molecule has 0 aromatic heterocycles. The zero-order valence-electron chi connectivity index (χ0n) is 7.49. The van der Waals surface area contributed by atoms with Crippen LogP contribution in [0.1, 0.15) is 0 Å². The quantitative estimate of drug-likeness (QED) is 0.635. The van der Waals surface area contributed by atoms with Crippen molar-refractivity contribution in [2.45, 2.75) is 0 Å². The first-order valence-corrected chi connectivity index (χ1v) is 4.40. The summed E-state index contributed by atoms with van der Waals surface area (Å²) in [5.41, 5.74) is 1.14. The highest BCUT2D eigenvalue weighted by Gasteiger charge is 2.15. The predicted molar refractivity (Wildman–Crippen MR) is 53.2 cm³/mol. The fraction of sp³-hybridized carbons (Fsp3) is 0.273. The number of ether oxygens (including phenoxy) is 1. The second-order valence-corrected chi connectivity index (χ2v) is 2.98. The van der Waals surface area contributed by atoms with E-state index in [-0.39, 0.29) is 0 Å². The van der Waals surface area contributed by atoms with Crippen LogP contribution in [0.2, 0.25) is 0 Å². The third-order valence-electron chi connectivity index (χ3n) is 2.11. The Morgan fingerprint density at radius 2 is 2.62 bits per heavy atom. The molecular formula is C11H12NO. The Balaban J connectivity index is 2.31. The number of fused-ring (bicyclic) bond motifs is 1. The van der Waals surface area contributed by atoms with Gasteiger partial charge in [-0.1, -0.05) is 12.1 Å². The number of anilines is 1. The monoisotopic (exact) mass is 174 g/mol. The topological polar surface area (TPSA) is 12.5 Å². The van der Waals surface area contributed by atoms with Gasteiger partial charge in [0, 0.05) is 6.54 Å². The van der Waals surface area contributed by atoms with Gasteiger partial charge in [-0.2, -0.15) is 0 Å².